The van der Waals surface area contributed by atoms with Crippen LogP contribution >= 0.6 is 23.8 Å². The van der Waals surface area contributed by atoms with Crippen LogP contribution in [0.15, 0.2) is 18.2 Å². The number of hydrogen-bond acceptors (Lipinski definition) is 3. The summed E-state index contributed by atoms with van der Waals surface area (Å²) >= 11 is 11.3. The first-order valence-electron chi connectivity index (χ1n) is 6.59. The van der Waals surface area contributed by atoms with E-state index in [4.69, 9.17) is 29.6 Å². The highest BCUT2D eigenvalue weighted by Crippen LogP contribution is 2.28. The third kappa shape index (κ3) is 3.22. The summed E-state index contributed by atoms with van der Waals surface area (Å²) in [6.45, 7) is 4.72. The molecule has 0 radical (unpaired) electrons. The Bertz CT molecular complexity index is 535. The van der Waals surface area contributed by atoms with Crippen LogP contribution in [0, 0.1) is 0 Å². The van der Waals surface area contributed by atoms with Gasteiger partial charge in [-0.15, -0.1) is 0 Å². The Balaban J connectivity index is 2.26. The molecule has 2 rings (SSSR count). The minimum atomic E-state index is 0.118. The summed E-state index contributed by atoms with van der Waals surface area (Å²) in [5.74, 6) is 0.118. The Morgan fingerprint density at radius 2 is 2.05 bits per heavy atom. The smallest absolute Gasteiger partial charge is 0.219 e. The van der Waals surface area contributed by atoms with Gasteiger partial charge >= 0.3 is 0 Å². The van der Waals surface area contributed by atoms with Crippen molar-refractivity contribution in [2.24, 2.45) is 5.73 Å². The van der Waals surface area contributed by atoms with Crippen molar-refractivity contribution in [1.82, 2.24) is 4.90 Å². The fourth-order valence-corrected chi connectivity index (χ4v) is 3.04. The Morgan fingerprint density at radius 3 is 2.70 bits per heavy atom. The maximum atomic E-state index is 11.5. The second-order valence-corrected chi connectivity index (χ2v) is 5.69. The zero-order chi connectivity index (χ0) is 14.7. The number of nitrogens with zero attached hydrogens (tertiary/aromatic N) is 2. The van der Waals surface area contributed by atoms with E-state index >= 15 is 0 Å². The van der Waals surface area contributed by atoms with Gasteiger partial charge in [-0.1, -0.05) is 29.9 Å². The molecule has 4 nitrogen and oxygen atoms in total. The molecule has 20 heavy (non-hydrogen) atoms. The number of nitrogens with two attached hydrogens (primary N) is 1. The molecule has 0 aliphatic carbocycles. The molecular formula is C14H18ClN3OS. The number of amides is 1. The number of carbonyl (C=O) groups excluding carboxylic acids is 1. The largest absolute Gasteiger partial charge is 0.389 e. The van der Waals surface area contributed by atoms with E-state index in [2.05, 4.69) is 4.90 Å². The molecule has 1 aromatic rings. The minimum Gasteiger partial charge on any atom is -0.389 e. The van der Waals surface area contributed by atoms with Crippen LogP contribution in [-0.2, 0) is 4.79 Å². The van der Waals surface area contributed by atoms with Crippen molar-refractivity contribution in [1.29, 1.82) is 0 Å². The lowest BCUT2D eigenvalue weighted by molar-refractivity contribution is -0.128. The third-order valence-corrected chi connectivity index (χ3v) is 4.04. The van der Waals surface area contributed by atoms with Gasteiger partial charge in [-0.05, 0) is 18.6 Å². The zero-order valence-electron chi connectivity index (χ0n) is 11.4. The van der Waals surface area contributed by atoms with E-state index in [1.54, 1.807) is 13.0 Å². The molecule has 1 aliphatic heterocycles. The maximum Gasteiger partial charge on any atom is 0.219 e. The van der Waals surface area contributed by atoms with E-state index in [-0.39, 0.29) is 5.91 Å². The Kier molecular flexibility index (Phi) is 4.83. The Morgan fingerprint density at radius 1 is 1.30 bits per heavy atom. The van der Waals surface area contributed by atoms with Crippen LogP contribution in [0.5, 0.6) is 0 Å². The molecule has 0 unspecified atom stereocenters. The van der Waals surface area contributed by atoms with E-state index in [1.165, 1.54) is 0 Å². The summed E-state index contributed by atoms with van der Waals surface area (Å²) in [5, 5.41) is 0.572. The predicted octanol–water partition coefficient (Wildman–Crippen LogP) is 2.03. The molecule has 0 atom stereocenters. The average molecular weight is 312 g/mol. The highest BCUT2D eigenvalue weighted by atomic mass is 35.5. The molecule has 1 fully saturated rings. The van der Waals surface area contributed by atoms with E-state index in [9.17, 15) is 4.79 Å². The fourth-order valence-electron chi connectivity index (χ4n) is 2.49. The maximum absolute atomic E-state index is 11.5. The number of hydrogen-bond donors (Lipinski definition) is 1. The van der Waals surface area contributed by atoms with Crippen LogP contribution in [0.4, 0.5) is 5.69 Å². The number of benzene rings is 1. The first kappa shape index (κ1) is 15.1. The number of anilines is 1. The summed E-state index contributed by atoms with van der Waals surface area (Å²) in [7, 11) is 0. The predicted molar refractivity (Wildman–Crippen MR) is 86.4 cm³/mol. The van der Waals surface area contributed by atoms with E-state index in [0.717, 1.165) is 37.3 Å². The van der Waals surface area contributed by atoms with Crippen molar-refractivity contribution in [2.75, 3.05) is 31.1 Å². The van der Waals surface area contributed by atoms with Crippen molar-refractivity contribution in [3.8, 4) is 0 Å². The van der Waals surface area contributed by atoms with Crippen LogP contribution in [0.1, 0.15) is 18.9 Å². The molecule has 0 spiro atoms. The van der Waals surface area contributed by atoms with Crippen molar-refractivity contribution in [3.05, 3.63) is 28.8 Å². The molecular weight excluding hydrogens is 294 g/mol. The highest BCUT2D eigenvalue weighted by molar-refractivity contribution is 7.80. The first-order valence-corrected chi connectivity index (χ1v) is 7.38. The summed E-state index contributed by atoms with van der Waals surface area (Å²) in [5.41, 5.74) is 7.47. The molecule has 0 aromatic heterocycles. The number of rotatable bonds is 2. The monoisotopic (exact) mass is 311 g/mol. The van der Waals surface area contributed by atoms with Gasteiger partial charge in [-0.25, -0.2) is 0 Å². The number of thiocarbonyl (C=S) groups is 1. The Labute approximate surface area is 129 Å². The van der Waals surface area contributed by atoms with Crippen molar-refractivity contribution < 1.29 is 4.79 Å². The minimum absolute atomic E-state index is 0.118. The number of halogens is 1. The SMILES string of the molecule is CC(=O)N1CCCN(c2cccc(Cl)c2C(N)=S)CC1. The fraction of sp³-hybridized carbons (Fsp3) is 0.429. The molecule has 2 N–H and O–H groups in total. The van der Waals surface area contributed by atoms with Crippen LogP contribution in [-0.4, -0.2) is 42.0 Å². The van der Waals surface area contributed by atoms with Gasteiger partial charge in [0.05, 0.1) is 10.6 Å². The molecule has 0 saturated carbocycles. The van der Waals surface area contributed by atoms with E-state index in [0.29, 0.717) is 16.6 Å². The summed E-state index contributed by atoms with van der Waals surface area (Å²) < 4.78 is 0. The lowest BCUT2D eigenvalue weighted by atomic mass is 10.1. The van der Waals surface area contributed by atoms with Gasteiger partial charge in [0.1, 0.15) is 4.99 Å². The van der Waals surface area contributed by atoms with Gasteiger partial charge in [0, 0.05) is 38.8 Å². The van der Waals surface area contributed by atoms with Crippen molar-refractivity contribution in [2.45, 2.75) is 13.3 Å². The summed E-state index contributed by atoms with van der Waals surface area (Å²) in [6, 6.07) is 5.66. The second kappa shape index (κ2) is 6.41. The third-order valence-electron chi connectivity index (χ3n) is 3.52. The quantitative estimate of drug-likeness (QED) is 0.849. The van der Waals surface area contributed by atoms with Crippen LogP contribution in [0.2, 0.25) is 5.02 Å². The first-order chi connectivity index (χ1) is 9.50. The molecule has 1 amide bonds. The topological polar surface area (TPSA) is 49.6 Å². The second-order valence-electron chi connectivity index (χ2n) is 4.84. The molecule has 0 bridgehead atoms. The molecule has 1 heterocycles. The van der Waals surface area contributed by atoms with Gasteiger partial charge in [-0.3, -0.25) is 4.79 Å². The summed E-state index contributed by atoms with van der Waals surface area (Å²) in [4.78, 5) is 15.8. The van der Waals surface area contributed by atoms with E-state index < -0.39 is 0 Å². The number of carbonyl (C=O) groups is 1. The van der Waals surface area contributed by atoms with Crippen LogP contribution in [0.25, 0.3) is 0 Å². The Hall–Kier alpha value is -1.33. The molecule has 1 saturated heterocycles. The average Bonchev–Trinajstić information content (AvgIpc) is 2.63. The lowest BCUT2D eigenvalue weighted by Gasteiger charge is -2.26. The normalized spacial score (nSPS) is 15.9. The molecule has 108 valence electrons. The van der Waals surface area contributed by atoms with Crippen molar-refractivity contribution >= 4 is 40.4 Å². The molecule has 1 aromatic carbocycles. The molecule has 6 heteroatoms. The van der Waals surface area contributed by atoms with Gasteiger partial charge in [0.2, 0.25) is 5.91 Å². The zero-order valence-corrected chi connectivity index (χ0v) is 13.0. The van der Waals surface area contributed by atoms with Crippen LogP contribution in [0.3, 0.4) is 0 Å². The van der Waals surface area contributed by atoms with Crippen LogP contribution < -0.4 is 10.6 Å². The summed E-state index contributed by atoms with van der Waals surface area (Å²) in [6.07, 6.45) is 0.920. The molecule has 1 aliphatic rings. The van der Waals surface area contributed by atoms with E-state index in [1.807, 2.05) is 17.0 Å². The lowest BCUT2D eigenvalue weighted by Crippen LogP contribution is -2.34. The van der Waals surface area contributed by atoms with Crippen molar-refractivity contribution in [3.63, 3.8) is 0 Å². The standard InChI is InChI=1S/C14H18ClN3OS/c1-10(19)17-6-3-7-18(9-8-17)12-5-2-4-11(15)13(12)14(16)20/h2,4-5H,3,6-9H2,1H3,(H2,16,20). The van der Waals surface area contributed by atoms with Gasteiger partial charge in [-0.2, -0.15) is 0 Å². The van der Waals surface area contributed by atoms with Gasteiger partial charge in [0.15, 0.2) is 0 Å². The highest BCUT2D eigenvalue weighted by Gasteiger charge is 2.20. The van der Waals surface area contributed by atoms with Gasteiger partial charge in [0.25, 0.3) is 0 Å². The van der Waals surface area contributed by atoms with Gasteiger partial charge < -0.3 is 15.5 Å².